The van der Waals surface area contributed by atoms with E-state index in [1.807, 2.05) is 17.0 Å². The highest BCUT2D eigenvalue weighted by Gasteiger charge is 2.35. The molecular weight excluding hydrogens is 318 g/mol. The molecule has 1 aromatic carbocycles. The SMILES string of the molecule is CC(C)(C)OC(=O)N1CCN(c2cccc(Cl)c2)[C@@H](C(N)=O)C1. The van der Waals surface area contributed by atoms with Gasteiger partial charge in [0.05, 0.1) is 6.54 Å². The maximum absolute atomic E-state index is 12.2. The molecule has 0 aromatic heterocycles. The second-order valence-corrected chi connectivity index (χ2v) is 6.95. The Morgan fingerprint density at radius 2 is 2.00 bits per heavy atom. The average molecular weight is 340 g/mol. The Bertz CT molecular complexity index is 600. The molecule has 0 aliphatic carbocycles. The lowest BCUT2D eigenvalue weighted by Crippen LogP contribution is -2.60. The Labute approximate surface area is 141 Å². The highest BCUT2D eigenvalue weighted by molar-refractivity contribution is 6.30. The lowest BCUT2D eigenvalue weighted by molar-refractivity contribution is -0.120. The number of ether oxygens (including phenoxy) is 1. The Hall–Kier alpha value is -1.95. The molecule has 23 heavy (non-hydrogen) atoms. The minimum atomic E-state index is -0.616. The molecule has 126 valence electrons. The van der Waals surface area contributed by atoms with Gasteiger partial charge in [-0.2, -0.15) is 0 Å². The average Bonchev–Trinajstić information content (AvgIpc) is 2.44. The highest BCUT2D eigenvalue weighted by atomic mass is 35.5. The number of nitrogens with zero attached hydrogens (tertiary/aromatic N) is 2. The molecule has 1 aliphatic heterocycles. The lowest BCUT2D eigenvalue weighted by Gasteiger charge is -2.41. The van der Waals surface area contributed by atoms with E-state index >= 15 is 0 Å². The fourth-order valence-corrected chi connectivity index (χ4v) is 2.67. The number of carbonyl (C=O) groups excluding carboxylic acids is 2. The van der Waals surface area contributed by atoms with Gasteiger partial charge in [0.2, 0.25) is 5.91 Å². The van der Waals surface area contributed by atoms with Crippen LogP contribution in [0, 0.1) is 0 Å². The number of benzene rings is 1. The number of nitrogens with two attached hydrogens (primary N) is 1. The molecule has 2 amide bonds. The van der Waals surface area contributed by atoms with Crippen LogP contribution in [0.3, 0.4) is 0 Å². The van der Waals surface area contributed by atoms with Gasteiger partial charge >= 0.3 is 6.09 Å². The minimum Gasteiger partial charge on any atom is -0.444 e. The van der Waals surface area contributed by atoms with E-state index in [1.165, 1.54) is 4.90 Å². The maximum atomic E-state index is 12.2. The van der Waals surface area contributed by atoms with E-state index in [-0.39, 0.29) is 6.54 Å². The zero-order chi connectivity index (χ0) is 17.2. The van der Waals surface area contributed by atoms with Crippen LogP contribution >= 0.6 is 11.6 Å². The van der Waals surface area contributed by atoms with Crippen molar-refractivity contribution in [1.29, 1.82) is 0 Å². The number of halogens is 1. The van der Waals surface area contributed by atoms with Crippen molar-refractivity contribution in [3.63, 3.8) is 0 Å². The molecule has 0 radical (unpaired) electrons. The first-order valence-electron chi connectivity index (χ1n) is 7.47. The van der Waals surface area contributed by atoms with E-state index in [0.717, 1.165) is 5.69 Å². The van der Waals surface area contributed by atoms with E-state index < -0.39 is 23.6 Å². The molecule has 0 unspecified atom stereocenters. The van der Waals surface area contributed by atoms with Crippen molar-refractivity contribution < 1.29 is 14.3 Å². The Morgan fingerprint density at radius 3 is 2.57 bits per heavy atom. The van der Waals surface area contributed by atoms with Crippen LogP contribution in [0.1, 0.15) is 20.8 Å². The van der Waals surface area contributed by atoms with Gasteiger partial charge in [0.15, 0.2) is 0 Å². The van der Waals surface area contributed by atoms with Crippen LogP contribution in [0.25, 0.3) is 0 Å². The van der Waals surface area contributed by atoms with Crippen LogP contribution in [0.2, 0.25) is 5.02 Å². The summed E-state index contributed by atoms with van der Waals surface area (Å²) in [6.45, 7) is 6.53. The minimum absolute atomic E-state index is 0.191. The normalized spacial score (nSPS) is 18.7. The zero-order valence-electron chi connectivity index (χ0n) is 13.6. The van der Waals surface area contributed by atoms with Crippen molar-refractivity contribution >= 4 is 29.3 Å². The van der Waals surface area contributed by atoms with Crippen molar-refractivity contribution in [2.75, 3.05) is 24.5 Å². The number of carbonyl (C=O) groups is 2. The largest absolute Gasteiger partial charge is 0.444 e. The third-order valence-electron chi connectivity index (χ3n) is 3.50. The van der Waals surface area contributed by atoms with Crippen molar-refractivity contribution in [1.82, 2.24) is 4.90 Å². The molecule has 1 heterocycles. The number of rotatable bonds is 2. The van der Waals surface area contributed by atoms with Gasteiger partial charge < -0.3 is 20.3 Å². The van der Waals surface area contributed by atoms with Crippen molar-refractivity contribution in [3.05, 3.63) is 29.3 Å². The molecule has 1 fully saturated rings. The number of piperazine rings is 1. The summed E-state index contributed by atoms with van der Waals surface area (Å²) < 4.78 is 5.36. The van der Waals surface area contributed by atoms with Gasteiger partial charge in [-0.25, -0.2) is 4.79 Å². The van der Waals surface area contributed by atoms with Gasteiger partial charge in [-0.3, -0.25) is 4.79 Å². The van der Waals surface area contributed by atoms with Crippen molar-refractivity contribution in [2.24, 2.45) is 5.73 Å². The van der Waals surface area contributed by atoms with Gasteiger partial charge in [-0.1, -0.05) is 17.7 Å². The molecule has 2 N–H and O–H groups in total. The summed E-state index contributed by atoms with van der Waals surface area (Å²) in [5.41, 5.74) is 5.76. The van der Waals surface area contributed by atoms with E-state index in [1.54, 1.807) is 32.9 Å². The van der Waals surface area contributed by atoms with Crippen LogP contribution in [-0.2, 0) is 9.53 Å². The monoisotopic (exact) mass is 339 g/mol. The molecule has 1 aliphatic rings. The number of hydrogen-bond acceptors (Lipinski definition) is 4. The summed E-state index contributed by atoms with van der Waals surface area (Å²) in [5, 5.41) is 0.584. The first kappa shape index (κ1) is 17.4. The summed E-state index contributed by atoms with van der Waals surface area (Å²) in [6.07, 6.45) is -0.436. The Morgan fingerprint density at radius 1 is 1.30 bits per heavy atom. The van der Waals surface area contributed by atoms with Crippen LogP contribution in [-0.4, -0.2) is 48.2 Å². The fraction of sp³-hybridized carbons (Fsp3) is 0.500. The van der Waals surface area contributed by atoms with Crippen molar-refractivity contribution in [3.8, 4) is 0 Å². The predicted octanol–water partition coefficient (Wildman–Crippen LogP) is 2.25. The second kappa shape index (κ2) is 6.66. The smallest absolute Gasteiger partial charge is 0.410 e. The van der Waals surface area contributed by atoms with Gasteiger partial charge in [-0.15, -0.1) is 0 Å². The van der Waals surface area contributed by atoms with Crippen LogP contribution in [0.15, 0.2) is 24.3 Å². The second-order valence-electron chi connectivity index (χ2n) is 6.52. The van der Waals surface area contributed by atoms with Gasteiger partial charge in [-0.05, 0) is 39.0 Å². The summed E-state index contributed by atoms with van der Waals surface area (Å²) >= 11 is 6.02. The molecule has 6 nitrogen and oxygen atoms in total. The topological polar surface area (TPSA) is 75.9 Å². The summed E-state index contributed by atoms with van der Waals surface area (Å²) in [7, 11) is 0. The van der Waals surface area contributed by atoms with E-state index in [0.29, 0.717) is 18.1 Å². The predicted molar refractivity (Wildman–Crippen MR) is 89.6 cm³/mol. The molecule has 0 saturated carbocycles. The van der Waals surface area contributed by atoms with E-state index in [4.69, 9.17) is 22.1 Å². The van der Waals surface area contributed by atoms with Crippen LogP contribution < -0.4 is 10.6 Å². The molecule has 2 rings (SSSR count). The Kier molecular flexibility index (Phi) is 5.04. The van der Waals surface area contributed by atoms with E-state index in [9.17, 15) is 9.59 Å². The standard InChI is InChI=1S/C16H22ClN3O3/c1-16(2,3)23-15(22)19-7-8-20(13(10-19)14(18)21)12-6-4-5-11(17)9-12/h4-6,9,13H,7-8,10H2,1-3H3,(H2,18,21)/t13-/m1/s1. The fourth-order valence-electron chi connectivity index (χ4n) is 2.48. The first-order valence-corrected chi connectivity index (χ1v) is 7.84. The third-order valence-corrected chi connectivity index (χ3v) is 3.74. The number of hydrogen-bond donors (Lipinski definition) is 1. The summed E-state index contributed by atoms with van der Waals surface area (Å²) in [6, 6.07) is 6.61. The number of anilines is 1. The number of amides is 2. The lowest BCUT2D eigenvalue weighted by atomic mass is 10.1. The molecule has 1 atom stereocenters. The number of primary amides is 1. The molecular formula is C16H22ClN3O3. The quantitative estimate of drug-likeness (QED) is 0.896. The van der Waals surface area contributed by atoms with Gasteiger partial charge in [0, 0.05) is 23.8 Å². The molecule has 1 aromatic rings. The zero-order valence-corrected chi connectivity index (χ0v) is 14.3. The molecule has 0 bridgehead atoms. The summed E-state index contributed by atoms with van der Waals surface area (Å²) in [4.78, 5) is 27.4. The van der Waals surface area contributed by atoms with Crippen LogP contribution in [0.5, 0.6) is 0 Å². The van der Waals surface area contributed by atoms with E-state index in [2.05, 4.69) is 0 Å². The molecule has 0 spiro atoms. The maximum Gasteiger partial charge on any atom is 0.410 e. The first-order chi connectivity index (χ1) is 10.7. The van der Waals surface area contributed by atoms with Crippen molar-refractivity contribution in [2.45, 2.75) is 32.4 Å². The molecule has 7 heteroatoms. The highest BCUT2D eigenvalue weighted by Crippen LogP contribution is 2.24. The third kappa shape index (κ3) is 4.51. The Balaban J connectivity index is 2.15. The summed E-state index contributed by atoms with van der Waals surface area (Å²) in [5.74, 6) is -0.488. The van der Waals surface area contributed by atoms with Crippen LogP contribution in [0.4, 0.5) is 10.5 Å². The van der Waals surface area contributed by atoms with Gasteiger partial charge in [0.1, 0.15) is 11.6 Å². The van der Waals surface area contributed by atoms with Gasteiger partial charge in [0.25, 0.3) is 0 Å². The molecule has 1 saturated heterocycles.